The first kappa shape index (κ1) is 15.0. The summed E-state index contributed by atoms with van der Waals surface area (Å²) in [7, 11) is -3.53. The molecule has 1 aliphatic heterocycles. The van der Waals surface area contributed by atoms with E-state index in [2.05, 4.69) is 4.98 Å². The molecule has 0 aliphatic carbocycles. The highest BCUT2D eigenvalue weighted by atomic mass is 32.2. The van der Waals surface area contributed by atoms with E-state index >= 15 is 0 Å². The summed E-state index contributed by atoms with van der Waals surface area (Å²) in [4.78, 5) is 4.15. The van der Waals surface area contributed by atoms with Crippen LogP contribution in [0, 0.1) is 18.3 Å². The molecule has 0 unspecified atom stereocenters. The maximum atomic E-state index is 12.5. The van der Waals surface area contributed by atoms with Gasteiger partial charge in [0.1, 0.15) is 5.82 Å². The molecule has 3 N–H and O–H groups in total. The maximum absolute atomic E-state index is 12.5. The van der Waals surface area contributed by atoms with Gasteiger partial charge in [-0.05, 0) is 26.7 Å². The quantitative estimate of drug-likeness (QED) is 0.625. The van der Waals surface area contributed by atoms with E-state index < -0.39 is 10.0 Å². The monoisotopic (exact) mass is 299 g/mol. The van der Waals surface area contributed by atoms with Crippen LogP contribution in [-0.4, -0.2) is 41.2 Å². The molecule has 0 aromatic carbocycles. The summed E-state index contributed by atoms with van der Waals surface area (Å²) in [5.41, 5.74) is 5.47. The molecule has 0 bridgehead atoms. The summed E-state index contributed by atoms with van der Waals surface area (Å²) in [5.74, 6) is 0.842. The average molecular weight is 299 g/mol. The Hall–Kier alpha value is -1.41. The zero-order valence-corrected chi connectivity index (χ0v) is 12.7. The predicted octanol–water partition coefficient (Wildman–Crippen LogP) is 0.548. The SMILES string of the molecule is CCn1cc(S(=O)(=O)N2CCC(C(=N)N)CC2)nc1C. The van der Waals surface area contributed by atoms with Gasteiger partial charge < -0.3 is 10.3 Å². The molecular formula is C12H21N5O2S. The van der Waals surface area contributed by atoms with Crippen LogP contribution in [-0.2, 0) is 16.6 Å². The summed E-state index contributed by atoms with van der Waals surface area (Å²) >= 11 is 0. The van der Waals surface area contributed by atoms with Gasteiger partial charge in [0.15, 0.2) is 5.03 Å². The number of nitrogens with zero attached hydrogens (tertiary/aromatic N) is 3. The number of rotatable bonds is 4. The van der Waals surface area contributed by atoms with Gasteiger partial charge in [0.2, 0.25) is 0 Å². The zero-order valence-electron chi connectivity index (χ0n) is 11.8. The van der Waals surface area contributed by atoms with Gasteiger partial charge in [0, 0.05) is 31.7 Å². The topological polar surface area (TPSA) is 105 Å². The second-order valence-corrected chi connectivity index (χ2v) is 6.93. The van der Waals surface area contributed by atoms with E-state index in [0.29, 0.717) is 38.3 Å². The van der Waals surface area contributed by atoms with Crippen molar-refractivity contribution in [3.05, 3.63) is 12.0 Å². The van der Waals surface area contributed by atoms with E-state index in [0.717, 1.165) is 0 Å². The van der Waals surface area contributed by atoms with Gasteiger partial charge >= 0.3 is 0 Å². The molecule has 2 rings (SSSR count). The Balaban J connectivity index is 2.17. The summed E-state index contributed by atoms with van der Waals surface area (Å²) in [5, 5.41) is 7.53. The van der Waals surface area contributed by atoms with Crippen LogP contribution >= 0.6 is 0 Å². The van der Waals surface area contributed by atoms with E-state index in [-0.39, 0.29) is 16.8 Å². The molecule has 0 amide bonds. The fourth-order valence-corrected chi connectivity index (χ4v) is 3.93. The average Bonchev–Trinajstić information content (AvgIpc) is 2.80. The number of piperidine rings is 1. The van der Waals surface area contributed by atoms with Crippen LogP contribution in [0.15, 0.2) is 11.2 Å². The highest BCUT2D eigenvalue weighted by Crippen LogP contribution is 2.23. The Kier molecular flexibility index (Phi) is 4.14. The smallest absolute Gasteiger partial charge is 0.262 e. The van der Waals surface area contributed by atoms with E-state index in [9.17, 15) is 8.42 Å². The van der Waals surface area contributed by atoms with E-state index in [4.69, 9.17) is 11.1 Å². The van der Waals surface area contributed by atoms with Crippen molar-refractivity contribution in [1.29, 1.82) is 5.41 Å². The van der Waals surface area contributed by atoms with Gasteiger partial charge in [0.25, 0.3) is 10.0 Å². The number of aromatic nitrogens is 2. The molecule has 8 heteroatoms. The standard InChI is InChI=1S/C12H21N5O2S/c1-3-16-8-11(15-9(16)2)20(18,19)17-6-4-10(5-7-17)12(13)14/h8,10H,3-7H2,1-2H3,(H3,13,14). The molecule has 0 atom stereocenters. The van der Waals surface area contributed by atoms with Crippen molar-refractivity contribution in [2.45, 2.75) is 38.3 Å². The minimum Gasteiger partial charge on any atom is -0.387 e. The largest absolute Gasteiger partial charge is 0.387 e. The number of hydrogen-bond donors (Lipinski definition) is 2. The fraction of sp³-hybridized carbons (Fsp3) is 0.667. The van der Waals surface area contributed by atoms with Crippen molar-refractivity contribution < 1.29 is 8.42 Å². The summed E-state index contributed by atoms with van der Waals surface area (Å²) in [6.07, 6.45) is 2.78. The first-order valence-electron chi connectivity index (χ1n) is 6.74. The Morgan fingerprint density at radius 2 is 2.10 bits per heavy atom. The van der Waals surface area contributed by atoms with Crippen molar-refractivity contribution in [3.63, 3.8) is 0 Å². The normalized spacial score (nSPS) is 18.3. The van der Waals surface area contributed by atoms with Crippen LogP contribution in [0.3, 0.4) is 0 Å². The van der Waals surface area contributed by atoms with E-state index in [1.54, 1.807) is 13.1 Å². The Bertz CT molecular complexity index is 599. The molecule has 0 saturated carbocycles. The second kappa shape index (κ2) is 5.53. The molecule has 112 valence electrons. The minimum atomic E-state index is -3.53. The summed E-state index contributed by atoms with van der Waals surface area (Å²) in [6, 6.07) is 0. The molecule has 7 nitrogen and oxygen atoms in total. The number of nitrogens with one attached hydrogen (secondary N) is 1. The molecule has 1 aliphatic rings. The van der Waals surface area contributed by atoms with Gasteiger partial charge in [-0.25, -0.2) is 13.4 Å². The number of imidazole rings is 1. The lowest BCUT2D eigenvalue weighted by atomic mass is 9.97. The van der Waals surface area contributed by atoms with Gasteiger partial charge in [-0.3, -0.25) is 5.41 Å². The van der Waals surface area contributed by atoms with Crippen molar-refractivity contribution in [3.8, 4) is 0 Å². The minimum absolute atomic E-state index is 0.00335. The lowest BCUT2D eigenvalue weighted by Crippen LogP contribution is -2.41. The van der Waals surface area contributed by atoms with Crippen LogP contribution in [0.4, 0.5) is 0 Å². The van der Waals surface area contributed by atoms with Gasteiger partial charge in [0.05, 0.1) is 5.84 Å². The second-order valence-electron chi connectivity index (χ2n) is 5.05. The Morgan fingerprint density at radius 1 is 1.50 bits per heavy atom. The van der Waals surface area contributed by atoms with Crippen LogP contribution in [0.25, 0.3) is 0 Å². The fourth-order valence-electron chi connectivity index (χ4n) is 2.46. The van der Waals surface area contributed by atoms with Crippen LogP contribution < -0.4 is 5.73 Å². The number of hydrogen-bond acceptors (Lipinski definition) is 4. The Labute approximate surface area is 119 Å². The van der Waals surface area contributed by atoms with E-state index in [1.165, 1.54) is 4.31 Å². The van der Waals surface area contributed by atoms with Crippen molar-refractivity contribution in [1.82, 2.24) is 13.9 Å². The van der Waals surface area contributed by atoms with E-state index in [1.807, 2.05) is 11.5 Å². The molecule has 0 spiro atoms. The molecule has 1 fully saturated rings. The third kappa shape index (κ3) is 2.71. The first-order valence-corrected chi connectivity index (χ1v) is 8.18. The predicted molar refractivity (Wildman–Crippen MR) is 76.0 cm³/mol. The molecule has 1 saturated heterocycles. The molecule has 1 aromatic heterocycles. The lowest BCUT2D eigenvalue weighted by molar-refractivity contribution is 0.314. The Morgan fingerprint density at radius 3 is 2.55 bits per heavy atom. The van der Waals surface area contributed by atoms with Crippen LogP contribution in [0.1, 0.15) is 25.6 Å². The third-order valence-corrected chi connectivity index (χ3v) is 5.56. The van der Waals surface area contributed by atoms with Crippen molar-refractivity contribution in [2.24, 2.45) is 11.7 Å². The zero-order chi connectivity index (χ0) is 14.9. The number of nitrogens with two attached hydrogens (primary N) is 1. The number of aryl methyl sites for hydroxylation is 2. The van der Waals surface area contributed by atoms with Crippen LogP contribution in [0.2, 0.25) is 0 Å². The molecule has 1 aromatic rings. The maximum Gasteiger partial charge on any atom is 0.262 e. The highest BCUT2D eigenvalue weighted by Gasteiger charge is 2.32. The van der Waals surface area contributed by atoms with Gasteiger partial charge in [-0.2, -0.15) is 4.31 Å². The molecule has 0 radical (unpaired) electrons. The van der Waals surface area contributed by atoms with Gasteiger partial charge in [-0.15, -0.1) is 0 Å². The number of sulfonamides is 1. The van der Waals surface area contributed by atoms with Gasteiger partial charge in [-0.1, -0.05) is 0 Å². The van der Waals surface area contributed by atoms with Crippen molar-refractivity contribution in [2.75, 3.05) is 13.1 Å². The van der Waals surface area contributed by atoms with Crippen LogP contribution in [0.5, 0.6) is 0 Å². The van der Waals surface area contributed by atoms with Crippen molar-refractivity contribution >= 4 is 15.9 Å². The third-order valence-electron chi connectivity index (χ3n) is 3.79. The summed E-state index contributed by atoms with van der Waals surface area (Å²) in [6.45, 7) is 5.23. The summed E-state index contributed by atoms with van der Waals surface area (Å²) < 4.78 is 28.3. The highest BCUT2D eigenvalue weighted by molar-refractivity contribution is 7.89. The molecular weight excluding hydrogens is 278 g/mol. The number of amidine groups is 1. The molecule has 2 heterocycles. The lowest BCUT2D eigenvalue weighted by Gasteiger charge is -2.29. The molecule has 20 heavy (non-hydrogen) atoms. The first-order chi connectivity index (χ1) is 9.36.